The van der Waals surface area contributed by atoms with Crippen molar-refractivity contribution in [2.24, 2.45) is 0 Å². The lowest BCUT2D eigenvalue weighted by Crippen LogP contribution is -2.32. The molecule has 0 radical (unpaired) electrons. The highest BCUT2D eigenvalue weighted by molar-refractivity contribution is 7.08. The Morgan fingerprint density at radius 2 is 1.81 bits per heavy atom. The van der Waals surface area contributed by atoms with Crippen molar-refractivity contribution in [1.82, 2.24) is 5.32 Å². The van der Waals surface area contributed by atoms with Gasteiger partial charge in [-0.25, -0.2) is 4.39 Å². The normalized spacial score (nSPS) is 18.0. The monoisotopic (exact) mass is 453 g/mol. The van der Waals surface area contributed by atoms with E-state index < -0.39 is 6.29 Å². The maximum absolute atomic E-state index is 13.1. The summed E-state index contributed by atoms with van der Waals surface area (Å²) in [6, 6.07) is 15.5. The predicted molar refractivity (Wildman–Crippen MR) is 120 cm³/mol. The van der Waals surface area contributed by atoms with Crippen LogP contribution in [0.15, 0.2) is 77.2 Å². The van der Waals surface area contributed by atoms with Gasteiger partial charge in [0, 0.05) is 18.9 Å². The second-order valence-electron chi connectivity index (χ2n) is 7.57. The molecule has 1 amide bonds. The molecule has 1 aromatic heterocycles. The van der Waals surface area contributed by atoms with Gasteiger partial charge in [-0.1, -0.05) is 36.4 Å². The summed E-state index contributed by atoms with van der Waals surface area (Å²) < 4.78 is 25.0. The van der Waals surface area contributed by atoms with Crippen molar-refractivity contribution in [2.75, 3.05) is 0 Å². The molecule has 0 saturated carbocycles. The van der Waals surface area contributed by atoms with Crippen LogP contribution in [-0.2, 0) is 34.0 Å². The van der Waals surface area contributed by atoms with Gasteiger partial charge in [0.15, 0.2) is 5.76 Å². The third kappa shape index (κ3) is 5.82. The van der Waals surface area contributed by atoms with Gasteiger partial charge in [-0.15, -0.1) is 0 Å². The second kappa shape index (κ2) is 10.5. The quantitative estimate of drug-likeness (QED) is 0.522. The number of ether oxygens (including phenoxy) is 2. The average molecular weight is 454 g/mol. The lowest BCUT2D eigenvalue weighted by atomic mass is 9.95. The van der Waals surface area contributed by atoms with Crippen LogP contribution >= 0.6 is 11.3 Å². The van der Waals surface area contributed by atoms with E-state index in [0.717, 1.165) is 22.3 Å². The maximum Gasteiger partial charge on any atom is 0.286 e. The molecule has 3 aromatic rings. The minimum absolute atomic E-state index is 0.00309. The first-order chi connectivity index (χ1) is 15.6. The number of benzene rings is 2. The topological polar surface area (TPSA) is 67.8 Å². The first-order valence-corrected chi connectivity index (χ1v) is 11.3. The SMILES string of the molecule is O=C(NCc1ccc(F)cc1)C1=C[C@H](c2ccsc2)C[C@H](OCc2ccc(CO)cc2)O1. The largest absolute Gasteiger partial charge is 0.459 e. The van der Waals surface area contributed by atoms with Gasteiger partial charge in [0.2, 0.25) is 6.29 Å². The van der Waals surface area contributed by atoms with Crippen LogP contribution < -0.4 is 5.32 Å². The van der Waals surface area contributed by atoms with Crippen LogP contribution in [0, 0.1) is 5.82 Å². The lowest BCUT2D eigenvalue weighted by molar-refractivity contribution is -0.150. The van der Waals surface area contributed by atoms with Crippen LogP contribution in [0.25, 0.3) is 0 Å². The molecule has 4 rings (SSSR count). The van der Waals surface area contributed by atoms with Crippen LogP contribution in [-0.4, -0.2) is 17.3 Å². The summed E-state index contributed by atoms with van der Waals surface area (Å²) in [5, 5.41) is 16.1. The van der Waals surface area contributed by atoms with E-state index in [0.29, 0.717) is 13.0 Å². The minimum Gasteiger partial charge on any atom is -0.459 e. The highest BCUT2D eigenvalue weighted by Crippen LogP contribution is 2.33. The fourth-order valence-corrected chi connectivity index (χ4v) is 4.16. The molecule has 2 aromatic carbocycles. The Balaban J connectivity index is 1.42. The molecule has 0 saturated heterocycles. The Labute approximate surface area is 190 Å². The molecule has 0 bridgehead atoms. The van der Waals surface area contributed by atoms with Crippen LogP contribution in [0.1, 0.15) is 34.6 Å². The van der Waals surface area contributed by atoms with Crippen molar-refractivity contribution in [3.05, 3.63) is 105 Å². The zero-order valence-corrected chi connectivity index (χ0v) is 18.2. The van der Waals surface area contributed by atoms with Crippen LogP contribution in [0.4, 0.5) is 4.39 Å². The van der Waals surface area contributed by atoms with Gasteiger partial charge in [-0.05, 0) is 57.3 Å². The molecule has 1 aliphatic heterocycles. The Hall–Kier alpha value is -3.00. The number of halogens is 1. The van der Waals surface area contributed by atoms with Crippen molar-refractivity contribution >= 4 is 17.2 Å². The number of thiophene rings is 1. The Morgan fingerprint density at radius 1 is 1.09 bits per heavy atom. The Bertz CT molecular complexity index is 1050. The van der Waals surface area contributed by atoms with Crippen molar-refractivity contribution in [3.8, 4) is 0 Å². The van der Waals surface area contributed by atoms with E-state index in [2.05, 4.69) is 10.7 Å². The number of carbonyl (C=O) groups excluding carboxylic acids is 1. The number of aliphatic hydroxyl groups excluding tert-OH is 1. The molecule has 1 aliphatic rings. The average Bonchev–Trinajstić information content (AvgIpc) is 3.37. The molecule has 0 aliphatic carbocycles. The van der Waals surface area contributed by atoms with Gasteiger partial charge in [0.25, 0.3) is 5.91 Å². The zero-order chi connectivity index (χ0) is 22.3. The van der Waals surface area contributed by atoms with Gasteiger partial charge in [0.1, 0.15) is 5.82 Å². The fraction of sp³-hybridized carbons (Fsp3) is 0.240. The standard InChI is InChI=1S/C25H24FNO4S/c26-22-7-5-17(6-8-22)13-27-25(29)23-11-21(20-9-10-32-16-20)12-24(31-23)30-15-19-3-1-18(14-28)2-4-19/h1-11,16,21,24,28H,12-15H2,(H,27,29)/t21-,24+/m0/s1. The molecule has 7 heteroatoms. The van der Waals surface area contributed by atoms with Crippen LogP contribution in [0.3, 0.4) is 0 Å². The molecule has 0 spiro atoms. The molecule has 2 heterocycles. The molecule has 2 atom stereocenters. The summed E-state index contributed by atoms with van der Waals surface area (Å²) >= 11 is 1.60. The molecule has 0 unspecified atom stereocenters. The van der Waals surface area contributed by atoms with E-state index in [9.17, 15) is 14.3 Å². The van der Waals surface area contributed by atoms with Crippen molar-refractivity contribution in [2.45, 2.75) is 38.4 Å². The van der Waals surface area contributed by atoms with Gasteiger partial charge in [-0.3, -0.25) is 4.79 Å². The van der Waals surface area contributed by atoms with Crippen LogP contribution in [0.5, 0.6) is 0 Å². The molecule has 166 valence electrons. The Morgan fingerprint density at radius 3 is 2.50 bits per heavy atom. The van der Waals surface area contributed by atoms with E-state index in [-0.39, 0.29) is 36.6 Å². The number of allylic oxidation sites excluding steroid dienone is 1. The number of nitrogens with one attached hydrogen (secondary N) is 1. The minimum atomic E-state index is -0.575. The van der Waals surface area contributed by atoms with E-state index in [1.165, 1.54) is 12.1 Å². The molecular formula is C25H24FNO4S. The highest BCUT2D eigenvalue weighted by atomic mass is 32.1. The summed E-state index contributed by atoms with van der Waals surface area (Å²) in [4.78, 5) is 12.8. The lowest BCUT2D eigenvalue weighted by Gasteiger charge is -2.29. The summed E-state index contributed by atoms with van der Waals surface area (Å²) in [6.45, 7) is 0.596. The number of aliphatic hydroxyl groups is 1. The first kappa shape index (κ1) is 22.2. The summed E-state index contributed by atoms with van der Waals surface area (Å²) in [5.74, 6) is -0.434. The number of hydrogen-bond acceptors (Lipinski definition) is 5. The molecule has 5 nitrogen and oxygen atoms in total. The highest BCUT2D eigenvalue weighted by Gasteiger charge is 2.29. The van der Waals surface area contributed by atoms with Crippen molar-refractivity contribution < 1.29 is 23.8 Å². The third-order valence-electron chi connectivity index (χ3n) is 5.26. The summed E-state index contributed by atoms with van der Waals surface area (Å²) in [5.41, 5.74) is 3.70. The number of rotatable bonds is 8. The van der Waals surface area contributed by atoms with Crippen molar-refractivity contribution in [3.63, 3.8) is 0 Å². The summed E-state index contributed by atoms with van der Waals surface area (Å²) in [6.07, 6.45) is 1.85. The van der Waals surface area contributed by atoms with Crippen LogP contribution in [0.2, 0.25) is 0 Å². The van der Waals surface area contributed by atoms with E-state index in [1.54, 1.807) is 23.5 Å². The molecule has 32 heavy (non-hydrogen) atoms. The molecule has 2 N–H and O–H groups in total. The van der Waals surface area contributed by atoms with Gasteiger partial charge >= 0.3 is 0 Å². The van der Waals surface area contributed by atoms with E-state index in [1.807, 2.05) is 41.8 Å². The number of amides is 1. The number of hydrogen-bond donors (Lipinski definition) is 2. The summed E-state index contributed by atoms with van der Waals surface area (Å²) in [7, 11) is 0. The van der Waals surface area contributed by atoms with E-state index in [4.69, 9.17) is 9.47 Å². The van der Waals surface area contributed by atoms with E-state index >= 15 is 0 Å². The smallest absolute Gasteiger partial charge is 0.286 e. The van der Waals surface area contributed by atoms with Gasteiger partial charge in [0.05, 0.1) is 13.2 Å². The number of carbonyl (C=O) groups is 1. The third-order valence-corrected chi connectivity index (χ3v) is 5.96. The molecular weight excluding hydrogens is 429 g/mol. The zero-order valence-electron chi connectivity index (χ0n) is 17.4. The maximum atomic E-state index is 13.1. The first-order valence-electron chi connectivity index (χ1n) is 10.3. The van der Waals surface area contributed by atoms with Gasteiger partial charge < -0.3 is 19.9 Å². The van der Waals surface area contributed by atoms with Gasteiger partial charge in [-0.2, -0.15) is 11.3 Å². The molecule has 0 fully saturated rings. The van der Waals surface area contributed by atoms with Crippen molar-refractivity contribution in [1.29, 1.82) is 0 Å². The Kier molecular flexibility index (Phi) is 7.32. The second-order valence-corrected chi connectivity index (χ2v) is 8.35. The fourth-order valence-electron chi connectivity index (χ4n) is 3.44. The predicted octanol–water partition coefficient (Wildman–Crippen LogP) is 4.63.